The van der Waals surface area contributed by atoms with Crippen molar-refractivity contribution in [3.8, 4) is 0 Å². The normalized spacial score (nSPS) is 31.2. The molecule has 3 aliphatic rings. The first kappa shape index (κ1) is 18.6. The molecule has 0 radical (unpaired) electrons. The Morgan fingerprint density at radius 3 is 2.68 bits per heavy atom. The lowest BCUT2D eigenvalue weighted by atomic mass is 9.96. The van der Waals surface area contributed by atoms with Crippen molar-refractivity contribution in [1.29, 1.82) is 0 Å². The van der Waals surface area contributed by atoms with Gasteiger partial charge in [0.25, 0.3) is 0 Å². The van der Waals surface area contributed by atoms with Gasteiger partial charge in [0.2, 0.25) is 0 Å². The summed E-state index contributed by atoms with van der Waals surface area (Å²) < 4.78 is 5.50. The maximum absolute atomic E-state index is 6.11. The smallest absolute Gasteiger partial charge is 0.188 e. The Hall–Kier alpha value is 0.270. The molecule has 2 saturated heterocycles. The van der Waals surface area contributed by atoms with Crippen molar-refractivity contribution in [1.82, 2.24) is 10.2 Å². The number of rotatable bonds is 4. The quantitative estimate of drug-likeness (QED) is 0.396. The molecule has 1 unspecified atom stereocenters. The highest BCUT2D eigenvalue weighted by Crippen LogP contribution is 2.34. The van der Waals surface area contributed by atoms with Gasteiger partial charge in [0.05, 0.1) is 25.3 Å². The van der Waals surface area contributed by atoms with Crippen LogP contribution in [-0.2, 0) is 4.74 Å². The van der Waals surface area contributed by atoms with Gasteiger partial charge in [0.1, 0.15) is 0 Å². The van der Waals surface area contributed by atoms with Gasteiger partial charge >= 0.3 is 0 Å². The summed E-state index contributed by atoms with van der Waals surface area (Å²) in [5, 5.41) is 3.40. The van der Waals surface area contributed by atoms with Crippen LogP contribution in [0, 0.1) is 0 Å². The molecule has 1 aliphatic carbocycles. The van der Waals surface area contributed by atoms with E-state index in [0.29, 0.717) is 12.0 Å². The standard InChI is InChI=1S/C15H28N4OS.HI/c16-14(18-13-3-1-2-4-13)17-11-15(5-10-21-12-15)19-6-8-20-9-7-19;/h13H,1-12H2,(H3,16,17,18);1H. The predicted molar refractivity (Wildman–Crippen MR) is 104 cm³/mol. The number of hydrogen-bond donors (Lipinski definition) is 2. The fourth-order valence-electron chi connectivity index (χ4n) is 3.67. The van der Waals surface area contributed by atoms with Crippen LogP contribution in [0.5, 0.6) is 0 Å². The monoisotopic (exact) mass is 440 g/mol. The maximum atomic E-state index is 6.11. The lowest BCUT2D eigenvalue weighted by Gasteiger charge is -2.42. The molecule has 0 aromatic rings. The largest absolute Gasteiger partial charge is 0.379 e. The minimum Gasteiger partial charge on any atom is -0.379 e. The second-order valence-corrected chi connectivity index (χ2v) is 7.56. The van der Waals surface area contributed by atoms with E-state index >= 15 is 0 Å². The Labute approximate surface area is 155 Å². The zero-order valence-electron chi connectivity index (χ0n) is 13.3. The predicted octanol–water partition coefficient (Wildman–Crippen LogP) is 1.66. The van der Waals surface area contributed by atoms with Crippen LogP contribution in [-0.4, -0.2) is 66.8 Å². The molecule has 0 bridgehead atoms. The Morgan fingerprint density at radius 2 is 2.05 bits per heavy atom. The number of guanidine groups is 1. The summed E-state index contributed by atoms with van der Waals surface area (Å²) in [6.07, 6.45) is 6.33. The van der Waals surface area contributed by atoms with Crippen LogP contribution in [0.3, 0.4) is 0 Å². The number of ether oxygens (including phenoxy) is 1. The minimum atomic E-state index is 0. The van der Waals surface area contributed by atoms with Gasteiger partial charge in [-0.1, -0.05) is 12.8 Å². The number of halogens is 1. The van der Waals surface area contributed by atoms with Crippen LogP contribution in [0.1, 0.15) is 32.1 Å². The Morgan fingerprint density at radius 1 is 1.32 bits per heavy atom. The molecule has 0 amide bonds. The summed E-state index contributed by atoms with van der Waals surface area (Å²) in [6, 6.07) is 0.547. The molecular weight excluding hydrogens is 411 g/mol. The maximum Gasteiger partial charge on any atom is 0.188 e. The third kappa shape index (κ3) is 4.64. The topological polar surface area (TPSA) is 62.9 Å². The highest BCUT2D eigenvalue weighted by atomic mass is 127. The van der Waals surface area contributed by atoms with Crippen LogP contribution in [0.4, 0.5) is 0 Å². The van der Waals surface area contributed by atoms with Gasteiger partial charge in [-0.05, 0) is 25.0 Å². The van der Waals surface area contributed by atoms with E-state index in [2.05, 4.69) is 10.2 Å². The summed E-state index contributed by atoms with van der Waals surface area (Å²) >= 11 is 2.05. The molecule has 3 N–H and O–H groups in total. The van der Waals surface area contributed by atoms with E-state index in [1.807, 2.05) is 11.8 Å². The first-order valence-corrected chi connectivity index (χ1v) is 9.41. The van der Waals surface area contributed by atoms with Gasteiger partial charge in [-0.2, -0.15) is 11.8 Å². The first-order chi connectivity index (χ1) is 10.3. The molecule has 22 heavy (non-hydrogen) atoms. The zero-order chi connectivity index (χ0) is 14.5. The molecule has 7 heteroatoms. The number of aliphatic imine (C=N–C) groups is 1. The molecule has 0 spiro atoms. The SMILES string of the molecule is I.NC(=NCC1(N2CCOCC2)CCSC1)NC1CCCC1. The van der Waals surface area contributed by atoms with Crippen molar-refractivity contribution < 1.29 is 4.74 Å². The van der Waals surface area contributed by atoms with Crippen LogP contribution in [0.2, 0.25) is 0 Å². The third-order valence-corrected chi connectivity index (χ3v) is 6.25. The van der Waals surface area contributed by atoms with E-state index in [-0.39, 0.29) is 29.5 Å². The van der Waals surface area contributed by atoms with Gasteiger partial charge in [-0.25, -0.2) is 0 Å². The van der Waals surface area contributed by atoms with E-state index in [9.17, 15) is 0 Å². The summed E-state index contributed by atoms with van der Waals surface area (Å²) in [6.45, 7) is 4.60. The van der Waals surface area contributed by atoms with E-state index in [4.69, 9.17) is 15.5 Å². The van der Waals surface area contributed by atoms with E-state index < -0.39 is 0 Å². The fraction of sp³-hybridized carbons (Fsp3) is 0.933. The highest BCUT2D eigenvalue weighted by Gasteiger charge is 2.40. The molecule has 1 saturated carbocycles. The van der Waals surface area contributed by atoms with Crippen molar-refractivity contribution >= 4 is 41.7 Å². The van der Waals surface area contributed by atoms with Crippen molar-refractivity contribution in [2.24, 2.45) is 10.7 Å². The Bertz CT molecular complexity index is 365. The number of nitrogens with two attached hydrogens (primary N) is 1. The van der Waals surface area contributed by atoms with Crippen molar-refractivity contribution in [2.75, 3.05) is 44.4 Å². The molecule has 3 rings (SSSR count). The van der Waals surface area contributed by atoms with Crippen LogP contribution >= 0.6 is 35.7 Å². The van der Waals surface area contributed by atoms with Crippen molar-refractivity contribution in [3.63, 3.8) is 0 Å². The van der Waals surface area contributed by atoms with E-state index in [0.717, 1.165) is 32.8 Å². The average molecular weight is 440 g/mol. The molecule has 2 heterocycles. The number of nitrogens with zero attached hydrogens (tertiary/aromatic N) is 2. The Balaban J connectivity index is 0.00000176. The van der Waals surface area contributed by atoms with E-state index in [1.54, 1.807) is 0 Å². The highest BCUT2D eigenvalue weighted by molar-refractivity contribution is 14.0. The van der Waals surface area contributed by atoms with Gasteiger partial charge < -0.3 is 15.8 Å². The molecule has 2 aliphatic heterocycles. The summed E-state index contributed by atoms with van der Waals surface area (Å²) in [5.74, 6) is 3.06. The first-order valence-electron chi connectivity index (χ1n) is 8.26. The third-order valence-electron chi connectivity index (χ3n) is 5.02. The lowest BCUT2D eigenvalue weighted by molar-refractivity contribution is -0.0104. The number of nitrogens with one attached hydrogen (secondary N) is 1. The second-order valence-electron chi connectivity index (χ2n) is 6.45. The average Bonchev–Trinajstić information content (AvgIpc) is 3.18. The van der Waals surface area contributed by atoms with Crippen molar-refractivity contribution in [2.45, 2.75) is 43.7 Å². The van der Waals surface area contributed by atoms with Crippen LogP contribution in [0.25, 0.3) is 0 Å². The molecule has 0 aromatic carbocycles. The van der Waals surface area contributed by atoms with Gasteiger partial charge in [-0.3, -0.25) is 9.89 Å². The van der Waals surface area contributed by atoms with Gasteiger partial charge in [0.15, 0.2) is 5.96 Å². The zero-order valence-corrected chi connectivity index (χ0v) is 16.4. The van der Waals surface area contributed by atoms with Gasteiger partial charge in [-0.15, -0.1) is 24.0 Å². The number of thioether (sulfide) groups is 1. The minimum absolute atomic E-state index is 0. The molecule has 5 nitrogen and oxygen atoms in total. The number of hydrogen-bond acceptors (Lipinski definition) is 4. The van der Waals surface area contributed by atoms with E-state index in [1.165, 1.54) is 43.6 Å². The molecule has 0 aromatic heterocycles. The summed E-state index contributed by atoms with van der Waals surface area (Å²) in [7, 11) is 0. The molecule has 3 fully saturated rings. The number of morpholine rings is 1. The van der Waals surface area contributed by atoms with Gasteiger partial charge in [0, 0.05) is 24.9 Å². The second kappa shape index (κ2) is 8.94. The Kier molecular flexibility index (Phi) is 7.56. The summed E-state index contributed by atoms with van der Waals surface area (Å²) in [5.41, 5.74) is 6.31. The lowest BCUT2D eigenvalue weighted by Crippen LogP contribution is -2.56. The molecule has 128 valence electrons. The molecular formula is C15H29IN4OS. The van der Waals surface area contributed by atoms with Crippen LogP contribution in [0.15, 0.2) is 4.99 Å². The fourth-order valence-corrected chi connectivity index (χ4v) is 5.13. The molecule has 1 atom stereocenters. The van der Waals surface area contributed by atoms with Crippen molar-refractivity contribution in [3.05, 3.63) is 0 Å². The van der Waals surface area contributed by atoms with Crippen LogP contribution < -0.4 is 11.1 Å². The summed E-state index contributed by atoms with van der Waals surface area (Å²) in [4.78, 5) is 7.29.